The van der Waals surface area contributed by atoms with E-state index in [0.717, 1.165) is 19.6 Å². The van der Waals surface area contributed by atoms with Gasteiger partial charge < -0.3 is 10.2 Å². The van der Waals surface area contributed by atoms with Crippen molar-refractivity contribution in [1.82, 2.24) is 10.2 Å². The lowest BCUT2D eigenvalue weighted by atomic mass is 10.1. The molecule has 3 heteroatoms. The molecule has 0 saturated carbocycles. The van der Waals surface area contributed by atoms with Crippen LogP contribution in [0.2, 0.25) is 0 Å². The number of rotatable bonds is 5. The van der Waals surface area contributed by atoms with Crippen molar-refractivity contribution >= 4 is 15.9 Å². The van der Waals surface area contributed by atoms with Crippen LogP contribution < -0.4 is 5.32 Å². The molecule has 0 radical (unpaired) electrons. The van der Waals surface area contributed by atoms with Crippen LogP contribution in [0.1, 0.15) is 30.5 Å². The third-order valence-corrected chi connectivity index (χ3v) is 4.38. The SMILES string of the molecule is CCN(C)CCNC1CCc2c(Br)cccc21. The molecule has 0 saturated heterocycles. The van der Waals surface area contributed by atoms with Crippen molar-refractivity contribution in [2.45, 2.75) is 25.8 Å². The van der Waals surface area contributed by atoms with Gasteiger partial charge in [-0.1, -0.05) is 35.0 Å². The third kappa shape index (κ3) is 3.09. The van der Waals surface area contributed by atoms with Gasteiger partial charge in [0.05, 0.1) is 0 Å². The van der Waals surface area contributed by atoms with Crippen LogP contribution in [0, 0.1) is 0 Å². The number of nitrogens with one attached hydrogen (secondary N) is 1. The van der Waals surface area contributed by atoms with Crippen molar-refractivity contribution in [2.75, 3.05) is 26.7 Å². The van der Waals surface area contributed by atoms with Gasteiger partial charge in [-0.3, -0.25) is 0 Å². The highest BCUT2D eigenvalue weighted by atomic mass is 79.9. The quantitative estimate of drug-likeness (QED) is 0.899. The molecule has 1 aliphatic carbocycles. The lowest BCUT2D eigenvalue weighted by Crippen LogP contribution is -2.30. The van der Waals surface area contributed by atoms with Gasteiger partial charge in [0.25, 0.3) is 0 Å². The van der Waals surface area contributed by atoms with Gasteiger partial charge in [0.1, 0.15) is 0 Å². The molecule has 0 fully saturated rings. The molecule has 17 heavy (non-hydrogen) atoms. The van der Waals surface area contributed by atoms with E-state index in [1.807, 2.05) is 0 Å². The summed E-state index contributed by atoms with van der Waals surface area (Å²) in [6, 6.07) is 7.09. The second-order valence-corrected chi connectivity index (χ2v) is 5.60. The van der Waals surface area contributed by atoms with Crippen molar-refractivity contribution in [1.29, 1.82) is 0 Å². The number of likely N-dealkylation sites (N-methyl/N-ethyl adjacent to an activating group) is 1. The minimum absolute atomic E-state index is 0.549. The Morgan fingerprint density at radius 3 is 3.06 bits per heavy atom. The molecule has 0 heterocycles. The van der Waals surface area contributed by atoms with E-state index in [-0.39, 0.29) is 0 Å². The minimum Gasteiger partial charge on any atom is -0.309 e. The highest BCUT2D eigenvalue weighted by Crippen LogP contribution is 2.35. The Bertz CT molecular complexity index is 378. The number of benzene rings is 1. The van der Waals surface area contributed by atoms with Crippen LogP contribution in [0.3, 0.4) is 0 Å². The zero-order valence-electron chi connectivity index (χ0n) is 10.7. The van der Waals surface area contributed by atoms with E-state index in [0.29, 0.717) is 6.04 Å². The molecular weight excluding hydrogens is 276 g/mol. The van der Waals surface area contributed by atoms with E-state index in [1.165, 1.54) is 28.4 Å². The first kappa shape index (κ1) is 13.1. The Balaban J connectivity index is 1.91. The fraction of sp³-hybridized carbons (Fsp3) is 0.571. The fourth-order valence-electron chi connectivity index (χ4n) is 2.41. The van der Waals surface area contributed by atoms with E-state index < -0.39 is 0 Å². The molecule has 0 aliphatic heterocycles. The minimum atomic E-state index is 0.549. The average molecular weight is 297 g/mol. The molecule has 1 aromatic carbocycles. The second-order valence-electron chi connectivity index (χ2n) is 4.75. The van der Waals surface area contributed by atoms with Gasteiger partial charge in [0.15, 0.2) is 0 Å². The highest BCUT2D eigenvalue weighted by Gasteiger charge is 2.23. The van der Waals surface area contributed by atoms with Gasteiger partial charge in [-0.05, 0) is 43.6 Å². The zero-order chi connectivity index (χ0) is 12.3. The van der Waals surface area contributed by atoms with Gasteiger partial charge in [0, 0.05) is 23.6 Å². The molecule has 0 aromatic heterocycles. The maximum atomic E-state index is 3.67. The maximum absolute atomic E-state index is 3.67. The number of nitrogens with zero attached hydrogens (tertiary/aromatic N) is 1. The Morgan fingerprint density at radius 1 is 1.47 bits per heavy atom. The predicted octanol–water partition coefficient (Wildman–Crippen LogP) is 2.98. The van der Waals surface area contributed by atoms with Crippen molar-refractivity contribution in [2.24, 2.45) is 0 Å². The normalized spacial score (nSPS) is 18.7. The Hall–Kier alpha value is -0.380. The number of hydrogen-bond donors (Lipinski definition) is 1. The standard InChI is InChI=1S/C14H21BrN2/c1-3-17(2)10-9-16-14-8-7-11-12(14)5-4-6-13(11)15/h4-6,14,16H,3,7-10H2,1-2H3. The second kappa shape index (κ2) is 5.98. The predicted molar refractivity (Wildman–Crippen MR) is 76.4 cm³/mol. The summed E-state index contributed by atoms with van der Waals surface area (Å²) in [6.07, 6.45) is 2.42. The van der Waals surface area contributed by atoms with Crippen LogP contribution in [0.15, 0.2) is 22.7 Å². The number of halogens is 1. The van der Waals surface area contributed by atoms with Gasteiger partial charge in [-0.15, -0.1) is 0 Å². The summed E-state index contributed by atoms with van der Waals surface area (Å²) >= 11 is 3.64. The monoisotopic (exact) mass is 296 g/mol. The Kier molecular flexibility index (Phi) is 4.60. The van der Waals surface area contributed by atoms with Crippen molar-refractivity contribution < 1.29 is 0 Å². The molecule has 2 nitrogen and oxygen atoms in total. The van der Waals surface area contributed by atoms with E-state index in [1.54, 1.807) is 0 Å². The fourth-order valence-corrected chi connectivity index (χ4v) is 2.99. The summed E-state index contributed by atoms with van der Waals surface area (Å²) in [6.45, 7) is 5.51. The summed E-state index contributed by atoms with van der Waals surface area (Å²) in [5.74, 6) is 0. The molecule has 1 unspecified atom stereocenters. The molecule has 0 spiro atoms. The van der Waals surface area contributed by atoms with Crippen molar-refractivity contribution in [3.8, 4) is 0 Å². The van der Waals surface area contributed by atoms with E-state index >= 15 is 0 Å². The number of fused-ring (bicyclic) bond motifs is 1. The Labute approximate surface area is 113 Å². The summed E-state index contributed by atoms with van der Waals surface area (Å²) in [7, 11) is 2.17. The largest absolute Gasteiger partial charge is 0.309 e. The van der Waals surface area contributed by atoms with Gasteiger partial charge in [-0.2, -0.15) is 0 Å². The van der Waals surface area contributed by atoms with Crippen LogP contribution in [-0.2, 0) is 6.42 Å². The maximum Gasteiger partial charge on any atom is 0.0327 e. The molecular formula is C14H21BrN2. The summed E-state index contributed by atoms with van der Waals surface area (Å²) in [4.78, 5) is 2.34. The van der Waals surface area contributed by atoms with Gasteiger partial charge in [0.2, 0.25) is 0 Å². The Morgan fingerprint density at radius 2 is 2.29 bits per heavy atom. The zero-order valence-corrected chi connectivity index (χ0v) is 12.3. The van der Waals surface area contributed by atoms with Crippen LogP contribution >= 0.6 is 15.9 Å². The lowest BCUT2D eigenvalue weighted by molar-refractivity contribution is 0.339. The summed E-state index contributed by atoms with van der Waals surface area (Å²) in [5, 5.41) is 3.67. The highest BCUT2D eigenvalue weighted by molar-refractivity contribution is 9.10. The smallest absolute Gasteiger partial charge is 0.0327 e. The van der Waals surface area contributed by atoms with Crippen LogP contribution in [-0.4, -0.2) is 31.6 Å². The number of hydrogen-bond acceptors (Lipinski definition) is 2. The van der Waals surface area contributed by atoms with E-state index in [2.05, 4.69) is 58.3 Å². The van der Waals surface area contributed by atoms with E-state index in [9.17, 15) is 0 Å². The molecule has 94 valence electrons. The van der Waals surface area contributed by atoms with Crippen LogP contribution in [0.25, 0.3) is 0 Å². The lowest BCUT2D eigenvalue weighted by Gasteiger charge is -2.18. The molecule has 1 N–H and O–H groups in total. The molecule has 1 atom stereocenters. The summed E-state index contributed by atoms with van der Waals surface area (Å²) in [5.41, 5.74) is 2.98. The van der Waals surface area contributed by atoms with E-state index in [4.69, 9.17) is 0 Å². The molecule has 0 amide bonds. The summed E-state index contributed by atoms with van der Waals surface area (Å²) < 4.78 is 1.27. The molecule has 0 bridgehead atoms. The van der Waals surface area contributed by atoms with Crippen molar-refractivity contribution in [3.05, 3.63) is 33.8 Å². The first-order chi connectivity index (χ1) is 8.22. The van der Waals surface area contributed by atoms with Crippen LogP contribution in [0.4, 0.5) is 0 Å². The molecule has 2 rings (SSSR count). The first-order valence-corrected chi connectivity index (χ1v) is 7.21. The van der Waals surface area contributed by atoms with Gasteiger partial charge in [-0.25, -0.2) is 0 Å². The first-order valence-electron chi connectivity index (χ1n) is 6.41. The average Bonchev–Trinajstić information content (AvgIpc) is 2.74. The van der Waals surface area contributed by atoms with Gasteiger partial charge >= 0.3 is 0 Å². The van der Waals surface area contributed by atoms with Crippen molar-refractivity contribution in [3.63, 3.8) is 0 Å². The van der Waals surface area contributed by atoms with Crippen LogP contribution in [0.5, 0.6) is 0 Å². The molecule has 1 aliphatic rings. The third-order valence-electron chi connectivity index (χ3n) is 3.64. The topological polar surface area (TPSA) is 15.3 Å². The molecule has 1 aromatic rings.